The number of halogens is 1. The Hall–Kier alpha value is -1.13. The van der Waals surface area contributed by atoms with Gasteiger partial charge in [0.15, 0.2) is 11.6 Å². The van der Waals surface area contributed by atoms with E-state index in [0.717, 1.165) is 6.42 Å². The van der Waals surface area contributed by atoms with Crippen molar-refractivity contribution >= 4 is 0 Å². The monoisotopic (exact) mass is 282 g/mol. The largest absolute Gasteiger partial charge is 0.494 e. The number of ether oxygens (including phenoxy) is 1. The number of nitrogens with zero attached hydrogens (tertiary/aromatic N) is 1. The highest BCUT2D eigenvalue weighted by Crippen LogP contribution is 2.27. The number of rotatable bonds is 7. The fourth-order valence-electron chi connectivity index (χ4n) is 2.60. The number of hydrogen-bond acceptors (Lipinski definition) is 3. The molecule has 2 unspecified atom stereocenters. The number of likely N-dealkylation sites (N-methyl/N-ethyl adjacent to an activating group) is 2. The molecule has 1 aromatic rings. The highest BCUT2D eigenvalue weighted by molar-refractivity contribution is 5.32. The van der Waals surface area contributed by atoms with Gasteiger partial charge < -0.3 is 15.0 Å². The Labute approximate surface area is 122 Å². The van der Waals surface area contributed by atoms with E-state index in [9.17, 15) is 4.39 Å². The molecule has 1 aromatic carbocycles. The third-order valence-corrected chi connectivity index (χ3v) is 4.52. The van der Waals surface area contributed by atoms with E-state index in [1.165, 1.54) is 7.11 Å². The zero-order valence-corrected chi connectivity index (χ0v) is 13.5. The molecule has 0 radical (unpaired) electrons. The van der Waals surface area contributed by atoms with E-state index in [1.807, 2.05) is 19.2 Å². The van der Waals surface area contributed by atoms with Crippen LogP contribution in [0.15, 0.2) is 18.2 Å². The maximum atomic E-state index is 14.3. The van der Waals surface area contributed by atoms with Gasteiger partial charge in [-0.1, -0.05) is 19.1 Å². The standard InChI is InChI=1S/C16H27FN2O/c1-7-16(2,19(4)5)14(18-3)11-12-9-8-10-13(20-6)15(12)17/h8-10,14,18H,7,11H2,1-6H3. The zero-order chi connectivity index (χ0) is 15.3. The van der Waals surface area contributed by atoms with Crippen molar-refractivity contribution in [1.29, 1.82) is 0 Å². The molecule has 2 atom stereocenters. The van der Waals surface area contributed by atoms with Crippen molar-refractivity contribution in [2.45, 2.75) is 38.3 Å². The molecule has 0 aliphatic rings. The molecule has 4 heteroatoms. The fourth-order valence-corrected chi connectivity index (χ4v) is 2.60. The second kappa shape index (κ2) is 7.04. The van der Waals surface area contributed by atoms with Crippen molar-refractivity contribution in [2.75, 3.05) is 28.3 Å². The average molecular weight is 282 g/mol. The van der Waals surface area contributed by atoms with Crippen molar-refractivity contribution in [1.82, 2.24) is 10.2 Å². The molecule has 0 spiro atoms. The summed E-state index contributed by atoms with van der Waals surface area (Å²) in [6, 6.07) is 5.47. The zero-order valence-electron chi connectivity index (χ0n) is 13.5. The molecule has 0 aromatic heterocycles. The molecule has 0 amide bonds. The van der Waals surface area contributed by atoms with E-state index >= 15 is 0 Å². The molecule has 114 valence electrons. The Morgan fingerprint density at radius 3 is 2.50 bits per heavy atom. The van der Waals surface area contributed by atoms with Gasteiger partial charge in [0.2, 0.25) is 0 Å². The summed E-state index contributed by atoms with van der Waals surface area (Å²) in [7, 11) is 7.55. The molecule has 0 saturated carbocycles. The van der Waals surface area contributed by atoms with Gasteiger partial charge in [-0.2, -0.15) is 0 Å². The predicted molar refractivity (Wildman–Crippen MR) is 81.9 cm³/mol. The summed E-state index contributed by atoms with van der Waals surface area (Å²) in [4.78, 5) is 2.20. The van der Waals surface area contributed by atoms with Crippen LogP contribution in [0.4, 0.5) is 4.39 Å². The summed E-state index contributed by atoms with van der Waals surface area (Å²) < 4.78 is 19.4. The smallest absolute Gasteiger partial charge is 0.168 e. The topological polar surface area (TPSA) is 24.5 Å². The highest BCUT2D eigenvalue weighted by Gasteiger charge is 2.34. The lowest BCUT2D eigenvalue weighted by Gasteiger charge is -2.42. The molecule has 0 aliphatic carbocycles. The van der Waals surface area contributed by atoms with Gasteiger partial charge in [0.25, 0.3) is 0 Å². The molecule has 0 aliphatic heterocycles. The molecular formula is C16H27FN2O. The first-order valence-corrected chi connectivity index (χ1v) is 7.06. The summed E-state index contributed by atoms with van der Waals surface area (Å²) in [5.41, 5.74) is 0.648. The number of nitrogens with one attached hydrogen (secondary N) is 1. The number of methoxy groups -OCH3 is 1. The van der Waals surface area contributed by atoms with Gasteiger partial charge in [-0.25, -0.2) is 4.39 Å². The first-order chi connectivity index (χ1) is 9.40. The lowest BCUT2D eigenvalue weighted by molar-refractivity contribution is 0.116. The molecule has 1 rings (SSSR count). The van der Waals surface area contributed by atoms with Crippen molar-refractivity contribution in [3.05, 3.63) is 29.6 Å². The average Bonchev–Trinajstić information content (AvgIpc) is 2.45. The van der Waals surface area contributed by atoms with Crippen LogP contribution < -0.4 is 10.1 Å². The van der Waals surface area contributed by atoms with E-state index < -0.39 is 0 Å². The van der Waals surface area contributed by atoms with Crippen LogP contribution in [0.25, 0.3) is 0 Å². The fraction of sp³-hybridized carbons (Fsp3) is 0.625. The van der Waals surface area contributed by atoms with Gasteiger partial charge in [-0.3, -0.25) is 0 Å². The Kier molecular flexibility index (Phi) is 5.96. The Morgan fingerprint density at radius 2 is 2.05 bits per heavy atom. The van der Waals surface area contributed by atoms with Crippen LogP contribution >= 0.6 is 0 Å². The van der Waals surface area contributed by atoms with Crippen molar-refractivity contribution in [2.24, 2.45) is 0 Å². The molecular weight excluding hydrogens is 255 g/mol. The van der Waals surface area contributed by atoms with Crippen LogP contribution in [0.3, 0.4) is 0 Å². The van der Waals surface area contributed by atoms with E-state index in [4.69, 9.17) is 4.74 Å². The second-order valence-corrected chi connectivity index (χ2v) is 5.58. The maximum absolute atomic E-state index is 14.3. The first-order valence-electron chi connectivity index (χ1n) is 7.06. The van der Waals surface area contributed by atoms with Gasteiger partial charge in [-0.05, 0) is 52.5 Å². The SMILES string of the molecule is CCC(C)(C(Cc1cccc(OC)c1F)NC)N(C)C. The molecule has 0 heterocycles. The van der Waals surface area contributed by atoms with E-state index in [2.05, 4.69) is 38.2 Å². The summed E-state index contributed by atoms with van der Waals surface area (Å²) in [6.07, 6.45) is 1.61. The molecule has 3 nitrogen and oxygen atoms in total. The summed E-state index contributed by atoms with van der Waals surface area (Å²) in [5, 5.41) is 3.34. The lowest BCUT2D eigenvalue weighted by Crippen LogP contribution is -2.57. The van der Waals surface area contributed by atoms with Crippen LogP contribution in [0.2, 0.25) is 0 Å². The van der Waals surface area contributed by atoms with E-state index in [-0.39, 0.29) is 17.4 Å². The second-order valence-electron chi connectivity index (χ2n) is 5.58. The third-order valence-electron chi connectivity index (χ3n) is 4.52. The highest BCUT2D eigenvalue weighted by atomic mass is 19.1. The summed E-state index contributed by atoms with van der Waals surface area (Å²) in [5.74, 6) is 0.0490. The van der Waals surface area contributed by atoms with Gasteiger partial charge >= 0.3 is 0 Å². The van der Waals surface area contributed by atoms with Gasteiger partial charge in [0.05, 0.1) is 7.11 Å². The summed E-state index contributed by atoms with van der Waals surface area (Å²) in [6.45, 7) is 4.36. The predicted octanol–water partition coefficient (Wildman–Crippen LogP) is 2.70. The lowest BCUT2D eigenvalue weighted by atomic mass is 9.84. The molecule has 0 fully saturated rings. The van der Waals surface area contributed by atoms with E-state index in [0.29, 0.717) is 17.7 Å². The van der Waals surface area contributed by atoms with Gasteiger partial charge in [0, 0.05) is 11.6 Å². The molecule has 0 saturated heterocycles. The number of benzene rings is 1. The van der Waals surface area contributed by atoms with Crippen molar-refractivity contribution in [3.8, 4) is 5.75 Å². The maximum Gasteiger partial charge on any atom is 0.168 e. The van der Waals surface area contributed by atoms with Gasteiger partial charge in [-0.15, -0.1) is 0 Å². The molecule has 1 N–H and O–H groups in total. The van der Waals surface area contributed by atoms with Crippen LogP contribution in [-0.4, -0.2) is 44.7 Å². The summed E-state index contributed by atoms with van der Waals surface area (Å²) >= 11 is 0. The van der Waals surface area contributed by atoms with Crippen LogP contribution in [0.1, 0.15) is 25.8 Å². The Balaban J connectivity index is 3.05. The Morgan fingerprint density at radius 1 is 1.40 bits per heavy atom. The number of hydrogen-bond donors (Lipinski definition) is 1. The van der Waals surface area contributed by atoms with E-state index in [1.54, 1.807) is 6.07 Å². The minimum atomic E-state index is -0.257. The normalized spacial score (nSPS) is 16.0. The minimum Gasteiger partial charge on any atom is -0.494 e. The van der Waals surface area contributed by atoms with Crippen molar-refractivity contribution < 1.29 is 9.13 Å². The third kappa shape index (κ3) is 3.30. The quantitative estimate of drug-likeness (QED) is 0.832. The van der Waals surface area contributed by atoms with Crippen molar-refractivity contribution in [3.63, 3.8) is 0 Å². The molecule has 0 bridgehead atoms. The van der Waals surface area contributed by atoms with Crippen LogP contribution in [-0.2, 0) is 6.42 Å². The first kappa shape index (κ1) is 16.9. The van der Waals surface area contributed by atoms with Gasteiger partial charge in [0.1, 0.15) is 0 Å². The van der Waals surface area contributed by atoms with Crippen LogP contribution in [0, 0.1) is 5.82 Å². The Bertz CT molecular complexity index is 436. The minimum absolute atomic E-state index is 0.0374. The van der Waals surface area contributed by atoms with Crippen LogP contribution in [0.5, 0.6) is 5.75 Å². The molecule has 20 heavy (non-hydrogen) atoms.